The molecule has 2 aromatic carbocycles. The Labute approximate surface area is 182 Å². The van der Waals surface area contributed by atoms with E-state index in [1.54, 1.807) is 30.5 Å². The van der Waals surface area contributed by atoms with Crippen LogP contribution >= 0.6 is 11.6 Å². The van der Waals surface area contributed by atoms with Crippen LogP contribution in [0.25, 0.3) is 10.8 Å². The van der Waals surface area contributed by atoms with E-state index >= 15 is 0 Å². The average Bonchev–Trinajstić information content (AvgIpc) is 3.21. The van der Waals surface area contributed by atoms with Crippen LogP contribution < -0.4 is 15.4 Å². The summed E-state index contributed by atoms with van der Waals surface area (Å²) >= 11 is 6.02. The minimum Gasteiger partial charge on any atom is -0.497 e. The highest BCUT2D eigenvalue weighted by atomic mass is 35.5. The zero-order valence-electron chi connectivity index (χ0n) is 16.2. The van der Waals surface area contributed by atoms with Gasteiger partial charge in [0, 0.05) is 27.6 Å². The molecule has 1 aliphatic heterocycles. The van der Waals surface area contributed by atoms with E-state index < -0.39 is 17.5 Å². The van der Waals surface area contributed by atoms with Crippen molar-refractivity contribution >= 4 is 34.3 Å². The Bertz CT molecular complexity index is 1350. The quantitative estimate of drug-likeness (QED) is 0.432. The van der Waals surface area contributed by atoms with Crippen molar-refractivity contribution < 1.29 is 19.4 Å². The van der Waals surface area contributed by atoms with E-state index in [2.05, 4.69) is 22.5 Å². The maximum absolute atomic E-state index is 12.7. The third kappa shape index (κ3) is 3.73. The van der Waals surface area contributed by atoms with Crippen molar-refractivity contribution in [1.29, 1.82) is 5.26 Å². The predicted octanol–water partition coefficient (Wildman–Crippen LogP) is 2.51. The van der Waals surface area contributed by atoms with Crippen LogP contribution in [0.15, 0.2) is 42.6 Å². The SMILES string of the molecule is COc1ccc2cn(C[C@@]3(C#Cc4cc(Cl)cc(C#N)c4)NC(=O)NC3=O)c(O)c2c1. The van der Waals surface area contributed by atoms with Crippen LogP contribution in [-0.4, -0.2) is 34.3 Å². The molecule has 0 saturated carbocycles. The summed E-state index contributed by atoms with van der Waals surface area (Å²) < 4.78 is 6.62. The summed E-state index contributed by atoms with van der Waals surface area (Å²) in [4.78, 5) is 24.6. The first-order chi connectivity index (χ1) is 14.8. The number of fused-ring (bicyclic) bond motifs is 1. The van der Waals surface area contributed by atoms with Gasteiger partial charge in [-0.15, -0.1) is 0 Å². The summed E-state index contributed by atoms with van der Waals surface area (Å²) in [6, 6.07) is 11.0. The van der Waals surface area contributed by atoms with Gasteiger partial charge in [0.25, 0.3) is 5.91 Å². The molecule has 31 heavy (non-hydrogen) atoms. The summed E-state index contributed by atoms with van der Waals surface area (Å²) in [6.45, 7) is -0.147. The average molecular weight is 435 g/mol. The lowest BCUT2D eigenvalue weighted by atomic mass is 9.99. The molecule has 0 spiro atoms. The molecule has 1 fully saturated rings. The lowest BCUT2D eigenvalue weighted by Crippen LogP contribution is -2.49. The molecule has 1 saturated heterocycles. The minimum absolute atomic E-state index is 0.0986. The van der Waals surface area contributed by atoms with Gasteiger partial charge in [-0.05, 0) is 36.4 Å². The maximum Gasteiger partial charge on any atom is 0.323 e. The highest BCUT2D eigenvalue weighted by molar-refractivity contribution is 6.30. The Morgan fingerprint density at radius 1 is 1.23 bits per heavy atom. The van der Waals surface area contributed by atoms with Gasteiger partial charge in [-0.3, -0.25) is 10.1 Å². The summed E-state index contributed by atoms with van der Waals surface area (Å²) in [5.74, 6) is 5.42. The van der Waals surface area contributed by atoms with Gasteiger partial charge in [0.1, 0.15) is 5.75 Å². The number of hydrogen-bond acceptors (Lipinski definition) is 5. The molecular weight excluding hydrogens is 420 g/mol. The summed E-state index contributed by atoms with van der Waals surface area (Å²) in [6.07, 6.45) is 1.65. The number of aromatic hydroxyl groups is 1. The van der Waals surface area contributed by atoms with Gasteiger partial charge in [0.2, 0.25) is 5.54 Å². The number of imide groups is 1. The lowest BCUT2D eigenvalue weighted by molar-refractivity contribution is -0.122. The molecule has 3 N–H and O–H groups in total. The number of aromatic nitrogens is 1. The normalized spacial score (nSPS) is 17.5. The first kappa shape index (κ1) is 20.1. The molecule has 154 valence electrons. The Kier molecular flexibility index (Phi) is 4.94. The maximum atomic E-state index is 12.7. The predicted molar refractivity (Wildman–Crippen MR) is 113 cm³/mol. The Morgan fingerprint density at radius 3 is 2.68 bits per heavy atom. The largest absolute Gasteiger partial charge is 0.497 e. The van der Waals surface area contributed by atoms with E-state index in [9.17, 15) is 14.7 Å². The van der Waals surface area contributed by atoms with Crippen LogP contribution in [0, 0.1) is 23.2 Å². The van der Waals surface area contributed by atoms with Crippen LogP contribution in [0.4, 0.5) is 4.79 Å². The molecule has 4 rings (SSSR count). The van der Waals surface area contributed by atoms with E-state index in [0.29, 0.717) is 27.3 Å². The van der Waals surface area contributed by atoms with Crippen molar-refractivity contribution in [2.75, 3.05) is 7.11 Å². The summed E-state index contributed by atoms with van der Waals surface area (Å²) in [5.41, 5.74) is -0.916. The second-order valence-corrected chi connectivity index (χ2v) is 7.37. The van der Waals surface area contributed by atoms with Gasteiger partial charge < -0.3 is 19.7 Å². The van der Waals surface area contributed by atoms with Gasteiger partial charge in [0.05, 0.1) is 25.3 Å². The summed E-state index contributed by atoms with van der Waals surface area (Å²) in [5, 5.41) is 26.1. The van der Waals surface area contributed by atoms with Crippen molar-refractivity contribution in [3.8, 4) is 29.5 Å². The Morgan fingerprint density at radius 2 is 2.00 bits per heavy atom. The Hall–Kier alpha value is -4.14. The molecular formula is C22H15ClN4O4. The second kappa shape index (κ2) is 7.60. The third-order valence-corrected chi connectivity index (χ3v) is 5.08. The number of methoxy groups -OCH3 is 1. The van der Waals surface area contributed by atoms with Crippen LogP contribution in [0.2, 0.25) is 5.02 Å². The number of amides is 3. The zero-order chi connectivity index (χ0) is 22.2. The topological polar surface area (TPSA) is 116 Å². The number of benzene rings is 2. The lowest BCUT2D eigenvalue weighted by Gasteiger charge is -2.20. The number of nitriles is 1. The zero-order valence-corrected chi connectivity index (χ0v) is 16.9. The molecule has 0 unspecified atom stereocenters. The van der Waals surface area contributed by atoms with Crippen molar-refractivity contribution in [1.82, 2.24) is 15.2 Å². The second-order valence-electron chi connectivity index (χ2n) is 6.94. The summed E-state index contributed by atoms with van der Waals surface area (Å²) in [7, 11) is 1.52. The number of urea groups is 1. The van der Waals surface area contributed by atoms with Crippen LogP contribution in [0.1, 0.15) is 11.1 Å². The van der Waals surface area contributed by atoms with Crippen LogP contribution in [0.5, 0.6) is 11.6 Å². The number of carbonyl (C=O) groups is 2. The highest BCUT2D eigenvalue weighted by Crippen LogP contribution is 2.32. The first-order valence-electron chi connectivity index (χ1n) is 9.07. The van der Waals surface area contributed by atoms with E-state index in [1.807, 2.05) is 6.07 Å². The molecule has 1 aliphatic rings. The van der Waals surface area contributed by atoms with Crippen LogP contribution in [0.3, 0.4) is 0 Å². The number of hydrogen-bond donors (Lipinski definition) is 3. The van der Waals surface area contributed by atoms with Crippen molar-refractivity contribution in [2.24, 2.45) is 0 Å². The van der Waals surface area contributed by atoms with Crippen molar-refractivity contribution in [3.05, 3.63) is 58.7 Å². The standard InChI is InChI=1S/C22H15ClN4O4/c1-31-17-3-2-15-11-27(19(28)18(15)9-17)12-22(20(29)25-21(30)26-22)5-4-13-6-14(10-24)8-16(23)7-13/h2-3,6-9,11,28H,12H2,1H3,(H2,25,26,29,30)/t22-/m1/s1. The van der Waals surface area contributed by atoms with Crippen molar-refractivity contribution in [2.45, 2.75) is 12.1 Å². The van der Waals surface area contributed by atoms with Gasteiger partial charge in [-0.25, -0.2) is 4.79 Å². The smallest absolute Gasteiger partial charge is 0.323 e. The van der Waals surface area contributed by atoms with Gasteiger partial charge >= 0.3 is 6.03 Å². The van der Waals surface area contributed by atoms with Gasteiger partial charge in [0.15, 0.2) is 5.88 Å². The molecule has 3 amide bonds. The van der Waals surface area contributed by atoms with Gasteiger partial charge in [-0.1, -0.05) is 23.4 Å². The molecule has 1 aromatic heterocycles. The molecule has 3 aromatic rings. The molecule has 9 heteroatoms. The molecule has 1 atom stereocenters. The fraction of sp³-hybridized carbons (Fsp3) is 0.136. The molecule has 2 heterocycles. The number of ether oxygens (including phenoxy) is 1. The molecule has 0 bridgehead atoms. The van der Waals surface area contributed by atoms with Crippen LogP contribution in [-0.2, 0) is 11.3 Å². The number of nitrogens with one attached hydrogen (secondary N) is 2. The first-order valence-corrected chi connectivity index (χ1v) is 9.45. The Balaban J connectivity index is 1.77. The highest BCUT2D eigenvalue weighted by Gasteiger charge is 2.46. The molecule has 0 aliphatic carbocycles. The third-order valence-electron chi connectivity index (χ3n) is 4.86. The van der Waals surface area contributed by atoms with E-state index in [1.165, 1.54) is 23.8 Å². The van der Waals surface area contributed by atoms with E-state index in [4.69, 9.17) is 21.6 Å². The molecule has 8 nitrogen and oxygen atoms in total. The number of halogens is 1. The van der Waals surface area contributed by atoms with E-state index in [0.717, 1.165) is 5.39 Å². The minimum atomic E-state index is -1.64. The fourth-order valence-electron chi connectivity index (χ4n) is 3.36. The number of carbonyl (C=O) groups excluding carboxylic acids is 2. The number of nitrogens with zero attached hydrogens (tertiary/aromatic N) is 2. The van der Waals surface area contributed by atoms with Gasteiger partial charge in [-0.2, -0.15) is 5.26 Å². The van der Waals surface area contributed by atoms with E-state index in [-0.39, 0.29) is 12.4 Å². The fourth-order valence-corrected chi connectivity index (χ4v) is 3.60. The van der Waals surface area contributed by atoms with Crippen molar-refractivity contribution in [3.63, 3.8) is 0 Å². The molecule has 0 radical (unpaired) electrons. The number of rotatable bonds is 3. The monoisotopic (exact) mass is 434 g/mol.